The van der Waals surface area contributed by atoms with Crippen LogP contribution in [0.3, 0.4) is 0 Å². The molecular formula is C22H27NO. The van der Waals surface area contributed by atoms with E-state index in [1.165, 1.54) is 42.5 Å². The number of benzene rings is 2. The van der Waals surface area contributed by atoms with Gasteiger partial charge in [0.15, 0.2) is 0 Å². The van der Waals surface area contributed by atoms with Crippen LogP contribution in [0.1, 0.15) is 47.4 Å². The van der Waals surface area contributed by atoms with Crippen LogP contribution in [0, 0.1) is 6.92 Å². The molecule has 0 amide bonds. The van der Waals surface area contributed by atoms with Crippen LogP contribution in [0.5, 0.6) is 5.75 Å². The van der Waals surface area contributed by atoms with E-state index < -0.39 is 0 Å². The number of likely N-dealkylation sites (tertiary alicyclic amines) is 1. The van der Waals surface area contributed by atoms with E-state index in [4.69, 9.17) is 4.74 Å². The summed E-state index contributed by atoms with van der Waals surface area (Å²) in [5, 5.41) is 0. The first-order valence-electron chi connectivity index (χ1n) is 9.22. The normalized spacial score (nSPS) is 23.4. The van der Waals surface area contributed by atoms with Gasteiger partial charge in [-0.2, -0.15) is 0 Å². The summed E-state index contributed by atoms with van der Waals surface area (Å²) in [6.07, 6.45) is 5.01. The minimum atomic E-state index is 0.667. The molecule has 1 aliphatic heterocycles. The molecule has 1 aliphatic carbocycles. The van der Waals surface area contributed by atoms with Crippen LogP contribution in [0.2, 0.25) is 0 Å². The molecule has 0 bridgehead atoms. The molecule has 126 valence electrons. The quantitative estimate of drug-likeness (QED) is 0.812. The van der Waals surface area contributed by atoms with Crippen LogP contribution in [0.25, 0.3) is 0 Å². The number of hydrogen-bond donors (Lipinski definition) is 0. The number of hydrogen-bond acceptors (Lipinski definition) is 2. The summed E-state index contributed by atoms with van der Waals surface area (Å²) >= 11 is 0. The highest BCUT2D eigenvalue weighted by molar-refractivity contribution is 5.49. The molecule has 0 N–H and O–H groups in total. The minimum Gasteiger partial charge on any atom is -0.496 e. The van der Waals surface area contributed by atoms with Crippen LogP contribution in [-0.4, -0.2) is 24.6 Å². The average Bonchev–Trinajstić information content (AvgIpc) is 2.62. The van der Waals surface area contributed by atoms with Crippen molar-refractivity contribution in [1.29, 1.82) is 0 Å². The molecule has 1 fully saturated rings. The van der Waals surface area contributed by atoms with Gasteiger partial charge in [0.05, 0.1) is 7.11 Å². The summed E-state index contributed by atoms with van der Waals surface area (Å²) in [6.45, 7) is 4.47. The third-order valence-electron chi connectivity index (χ3n) is 5.91. The Labute approximate surface area is 145 Å². The van der Waals surface area contributed by atoms with E-state index in [1.54, 1.807) is 5.56 Å². The summed E-state index contributed by atoms with van der Waals surface area (Å²) in [6, 6.07) is 16.2. The van der Waals surface area contributed by atoms with Crippen LogP contribution >= 0.6 is 0 Å². The number of rotatable bonds is 3. The highest BCUT2D eigenvalue weighted by atomic mass is 16.5. The molecule has 1 heterocycles. The maximum atomic E-state index is 5.73. The molecule has 2 aromatic rings. The number of nitrogens with zero attached hydrogens (tertiary/aromatic N) is 1. The molecule has 2 heteroatoms. The van der Waals surface area contributed by atoms with Gasteiger partial charge in [-0.05, 0) is 67.3 Å². The molecular weight excluding hydrogens is 294 g/mol. The standard InChI is InChI=1S/C22H27NO/c1-16-10-11-18-19-9-6-14-23(15-17-7-4-3-5-8-17)21(19)13-12-20(18)22(16)24-2/h3-5,7-8,10-11,19,21H,6,9,12-15H2,1-2H3/t19-,21+/m1/s1. The van der Waals surface area contributed by atoms with Gasteiger partial charge in [0, 0.05) is 12.6 Å². The molecule has 2 aromatic carbocycles. The van der Waals surface area contributed by atoms with Gasteiger partial charge in [-0.25, -0.2) is 0 Å². The van der Waals surface area contributed by atoms with Gasteiger partial charge < -0.3 is 4.74 Å². The molecule has 2 atom stereocenters. The lowest BCUT2D eigenvalue weighted by atomic mass is 9.73. The predicted molar refractivity (Wildman–Crippen MR) is 98.7 cm³/mol. The third kappa shape index (κ3) is 2.73. The maximum absolute atomic E-state index is 5.73. The lowest BCUT2D eigenvalue weighted by molar-refractivity contribution is 0.104. The van der Waals surface area contributed by atoms with Crippen LogP contribution in [0.15, 0.2) is 42.5 Å². The number of piperidine rings is 1. The smallest absolute Gasteiger partial charge is 0.125 e. The highest BCUT2D eigenvalue weighted by Crippen LogP contribution is 2.44. The molecule has 24 heavy (non-hydrogen) atoms. The molecule has 0 spiro atoms. The number of fused-ring (bicyclic) bond motifs is 3. The van der Waals surface area contributed by atoms with Crippen molar-refractivity contribution in [3.8, 4) is 5.75 Å². The zero-order valence-corrected chi connectivity index (χ0v) is 14.8. The van der Waals surface area contributed by atoms with Crippen LogP contribution in [0.4, 0.5) is 0 Å². The molecule has 0 unspecified atom stereocenters. The van der Waals surface area contributed by atoms with Crippen LogP contribution in [-0.2, 0) is 13.0 Å². The fourth-order valence-electron chi connectivity index (χ4n) is 4.83. The fourth-order valence-corrected chi connectivity index (χ4v) is 4.83. The molecule has 1 saturated heterocycles. The van der Waals surface area contributed by atoms with Crippen molar-refractivity contribution in [2.75, 3.05) is 13.7 Å². The largest absolute Gasteiger partial charge is 0.496 e. The van der Waals surface area contributed by atoms with Gasteiger partial charge >= 0.3 is 0 Å². The van der Waals surface area contributed by atoms with Crippen molar-refractivity contribution in [3.05, 3.63) is 64.7 Å². The Morgan fingerprint density at radius 2 is 1.92 bits per heavy atom. The van der Waals surface area contributed by atoms with E-state index >= 15 is 0 Å². The van der Waals surface area contributed by atoms with Crippen LogP contribution < -0.4 is 4.74 Å². The number of ether oxygens (including phenoxy) is 1. The van der Waals surface area contributed by atoms with Gasteiger partial charge in [-0.1, -0.05) is 42.5 Å². The summed E-state index contributed by atoms with van der Waals surface area (Å²) < 4.78 is 5.73. The minimum absolute atomic E-state index is 0.667. The van der Waals surface area contributed by atoms with E-state index in [-0.39, 0.29) is 0 Å². The maximum Gasteiger partial charge on any atom is 0.125 e. The first-order chi connectivity index (χ1) is 11.8. The molecule has 2 aliphatic rings. The lowest BCUT2D eigenvalue weighted by Crippen LogP contribution is -2.45. The summed E-state index contributed by atoms with van der Waals surface area (Å²) in [7, 11) is 1.82. The Balaban J connectivity index is 1.63. The lowest BCUT2D eigenvalue weighted by Gasteiger charge is -2.45. The molecule has 0 aromatic heterocycles. The average molecular weight is 321 g/mol. The predicted octanol–water partition coefficient (Wildman–Crippen LogP) is 4.70. The SMILES string of the molecule is COc1c(C)ccc2c1CC[C@H]1[C@@H]2CCCN1Cc1ccccc1. The second-order valence-electron chi connectivity index (χ2n) is 7.29. The van der Waals surface area contributed by atoms with E-state index in [0.717, 1.165) is 18.7 Å². The second-order valence-corrected chi connectivity index (χ2v) is 7.29. The zero-order valence-electron chi connectivity index (χ0n) is 14.8. The Kier molecular flexibility index (Phi) is 4.32. The fraction of sp³-hybridized carbons (Fsp3) is 0.455. The van der Waals surface area contributed by atoms with Crippen molar-refractivity contribution >= 4 is 0 Å². The second kappa shape index (κ2) is 6.60. The Morgan fingerprint density at radius 1 is 1.08 bits per heavy atom. The molecule has 0 saturated carbocycles. The Morgan fingerprint density at radius 3 is 2.71 bits per heavy atom. The molecule has 0 radical (unpaired) electrons. The van der Waals surface area contributed by atoms with E-state index in [9.17, 15) is 0 Å². The highest BCUT2D eigenvalue weighted by Gasteiger charge is 2.37. The van der Waals surface area contributed by atoms with Gasteiger partial charge in [-0.3, -0.25) is 4.90 Å². The molecule has 2 nitrogen and oxygen atoms in total. The number of aryl methyl sites for hydroxylation is 1. The Bertz CT molecular complexity index is 709. The summed E-state index contributed by atoms with van der Waals surface area (Å²) in [5.74, 6) is 1.80. The van der Waals surface area contributed by atoms with Crippen molar-refractivity contribution < 1.29 is 4.74 Å². The monoisotopic (exact) mass is 321 g/mol. The summed E-state index contributed by atoms with van der Waals surface area (Å²) in [5.41, 5.74) is 5.73. The van der Waals surface area contributed by atoms with Gasteiger partial charge in [0.1, 0.15) is 5.75 Å². The zero-order chi connectivity index (χ0) is 16.5. The van der Waals surface area contributed by atoms with Crippen molar-refractivity contribution in [2.45, 2.75) is 51.1 Å². The van der Waals surface area contributed by atoms with Gasteiger partial charge in [0.25, 0.3) is 0 Å². The summed E-state index contributed by atoms with van der Waals surface area (Å²) in [4.78, 5) is 2.72. The Hall–Kier alpha value is -1.80. The first-order valence-corrected chi connectivity index (χ1v) is 9.22. The molecule has 4 rings (SSSR count). The number of methoxy groups -OCH3 is 1. The van der Waals surface area contributed by atoms with E-state index in [2.05, 4.69) is 54.3 Å². The van der Waals surface area contributed by atoms with E-state index in [1.807, 2.05) is 7.11 Å². The van der Waals surface area contributed by atoms with E-state index in [0.29, 0.717) is 12.0 Å². The van der Waals surface area contributed by atoms with Crippen molar-refractivity contribution in [1.82, 2.24) is 4.90 Å². The first kappa shape index (κ1) is 15.7. The third-order valence-corrected chi connectivity index (χ3v) is 5.91. The van der Waals surface area contributed by atoms with Crippen molar-refractivity contribution in [2.24, 2.45) is 0 Å². The van der Waals surface area contributed by atoms with Gasteiger partial charge in [0.2, 0.25) is 0 Å². The van der Waals surface area contributed by atoms with Gasteiger partial charge in [-0.15, -0.1) is 0 Å². The van der Waals surface area contributed by atoms with Crippen molar-refractivity contribution in [3.63, 3.8) is 0 Å². The topological polar surface area (TPSA) is 12.5 Å².